The Morgan fingerprint density at radius 1 is 1.12 bits per heavy atom. The van der Waals surface area contributed by atoms with Crippen molar-refractivity contribution < 1.29 is 13.9 Å². The number of benzene rings is 2. The van der Waals surface area contributed by atoms with Crippen LogP contribution in [0.2, 0.25) is 0 Å². The molecule has 2 aromatic carbocycles. The summed E-state index contributed by atoms with van der Waals surface area (Å²) in [6.45, 7) is 0.534. The highest BCUT2D eigenvalue weighted by atomic mass is 19.1. The van der Waals surface area contributed by atoms with E-state index in [1.165, 1.54) is 30.6 Å². The van der Waals surface area contributed by atoms with E-state index in [0.29, 0.717) is 18.1 Å². The number of methoxy groups -OCH3 is 1. The Balaban J connectivity index is 1.64. The zero-order valence-corrected chi connectivity index (χ0v) is 14.1. The monoisotopic (exact) mass is 352 g/mol. The van der Waals surface area contributed by atoms with E-state index in [9.17, 15) is 9.18 Å². The Kier molecular flexibility index (Phi) is 5.38. The molecule has 132 valence electrons. The van der Waals surface area contributed by atoms with Crippen molar-refractivity contribution in [2.24, 2.45) is 0 Å². The van der Waals surface area contributed by atoms with Crippen LogP contribution in [0.5, 0.6) is 5.75 Å². The van der Waals surface area contributed by atoms with Crippen molar-refractivity contribution in [3.05, 3.63) is 78.0 Å². The van der Waals surface area contributed by atoms with E-state index in [4.69, 9.17) is 4.74 Å². The molecule has 0 saturated heterocycles. The second kappa shape index (κ2) is 8.06. The summed E-state index contributed by atoms with van der Waals surface area (Å²) in [4.78, 5) is 20.3. The number of carbonyl (C=O) groups excluding carboxylic acids is 1. The van der Waals surface area contributed by atoms with Crippen LogP contribution < -0.4 is 15.4 Å². The summed E-state index contributed by atoms with van der Waals surface area (Å²) in [7, 11) is 1.62. The number of aromatic nitrogens is 2. The van der Waals surface area contributed by atoms with E-state index >= 15 is 0 Å². The third-order valence-electron chi connectivity index (χ3n) is 3.61. The molecule has 0 aliphatic rings. The topological polar surface area (TPSA) is 76.1 Å². The van der Waals surface area contributed by atoms with Crippen LogP contribution in [0.25, 0.3) is 0 Å². The van der Waals surface area contributed by atoms with Gasteiger partial charge < -0.3 is 15.4 Å². The summed E-state index contributed by atoms with van der Waals surface area (Å²) in [6, 6.07) is 14.8. The number of hydrogen-bond donors (Lipinski definition) is 2. The number of hydrogen-bond acceptors (Lipinski definition) is 5. The number of nitrogens with zero attached hydrogens (tertiary/aromatic N) is 2. The maximum atomic E-state index is 13.2. The maximum Gasteiger partial charge on any atom is 0.274 e. The van der Waals surface area contributed by atoms with Crippen molar-refractivity contribution in [3.63, 3.8) is 0 Å². The Labute approximate surface area is 150 Å². The quantitative estimate of drug-likeness (QED) is 0.710. The number of ether oxygens (including phenoxy) is 1. The van der Waals surface area contributed by atoms with E-state index in [1.54, 1.807) is 13.2 Å². The molecule has 0 bridgehead atoms. The van der Waals surface area contributed by atoms with Crippen molar-refractivity contribution in [1.82, 2.24) is 9.97 Å². The van der Waals surface area contributed by atoms with Gasteiger partial charge in [0.2, 0.25) is 0 Å². The normalized spacial score (nSPS) is 10.2. The van der Waals surface area contributed by atoms with Gasteiger partial charge in [-0.2, -0.15) is 0 Å². The minimum Gasteiger partial charge on any atom is -0.497 e. The van der Waals surface area contributed by atoms with Gasteiger partial charge in [0.25, 0.3) is 5.91 Å². The number of anilines is 2. The Morgan fingerprint density at radius 3 is 2.65 bits per heavy atom. The first-order valence-corrected chi connectivity index (χ1v) is 7.90. The highest BCUT2D eigenvalue weighted by Crippen LogP contribution is 2.14. The Hall–Kier alpha value is -3.48. The van der Waals surface area contributed by atoms with Gasteiger partial charge in [-0.1, -0.05) is 18.2 Å². The fraction of sp³-hybridized carbons (Fsp3) is 0.105. The molecule has 0 unspecified atom stereocenters. The van der Waals surface area contributed by atoms with Gasteiger partial charge in [0, 0.05) is 18.3 Å². The number of amides is 1. The van der Waals surface area contributed by atoms with Gasteiger partial charge in [0.1, 0.15) is 29.4 Å². The number of rotatable bonds is 6. The van der Waals surface area contributed by atoms with Gasteiger partial charge in [-0.25, -0.2) is 14.4 Å². The lowest BCUT2D eigenvalue weighted by Crippen LogP contribution is -2.14. The third-order valence-corrected chi connectivity index (χ3v) is 3.61. The molecule has 3 rings (SSSR count). The second-order valence-electron chi connectivity index (χ2n) is 5.45. The molecule has 0 fully saturated rings. The summed E-state index contributed by atoms with van der Waals surface area (Å²) >= 11 is 0. The van der Waals surface area contributed by atoms with Crippen molar-refractivity contribution in [1.29, 1.82) is 0 Å². The predicted octanol–water partition coefficient (Wildman–Crippen LogP) is 3.49. The highest BCUT2D eigenvalue weighted by Gasteiger charge is 2.09. The second-order valence-corrected chi connectivity index (χ2v) is 5.45. The predicted molar refractivity (Wildman–Crippen MR) is 96.7 cm³/mol. The van der Waals surface area contributed by atoms with Crippen molar-refractivity contribution in [2.45, 2.75) is 6.54 Å². The molecule has 7 heteroatoms. The summed E-state index contributed by atoms with van der Waals surface area (Å²) in [5.41, 5.74) is 1.58. The summed E-state index contributed by atoms with van der Waals surface area (Å²) in [5, 5.41) is 5.74. The van der Waals surface area contributed by atoms with Crippen LogP contribution in [0, 0.1) is 5.82 Å². The van der Waals surface area contributed by atoms with E-state index in [2.05, 4.69) is 20.6 Å². The smallest absolute Gasteiger partial charge is 0.274 e. The highest BCUT2D eigenvalue weighted by molar-refractivity contribution is 6.03. The summed E-state index contributed by atoms with van der Waals surface area (Å²) in [5.74, 6) is 0.435. The van der Waals surface area contributed by atoms with Crippen molar-refractivity contribution in [2.75, 3.05) is 17.7 Å². The van der Waals surface area contributed by atoms with E-state index in [-0.39, 0.29) is 5.69 Å². The molecule has 6 nitrogen and oxygen atoms in total. The first kappa shape index (κ1) is 17.3. The van der Waals surface area contributed by atoms with Crippen LogP contribution in [0.1, 0.15) is 16.1 Å². The molecule has 0 aliphatic carbocycles. The van der Waals surface area contributed by atoms with Gasteiger partial charge in [-0.3, -0.25) is 4.79 Å². The number of nitrogens with one attached hydrogen (secondary N) is 2. The largest absolute Gasteiger partial charge is 0.497 e. The molecular formula is C19H17FN4O2. The molecule has 0 atom stereocenters. The molecule has 2 N–H and O–H groups in total. The number of halogens is 1. The van der Waals surface area contributed by atoms with Crippen LogP contribution >= 0.6 is 0 Å². The van der Waals surface area contributed by atoms with Crippen LogP contribution in [-0.2, 0) is 6.54 Å². The van der Waals surface area contributed by atoms with E-state index < -0.39 is 11.7 Å². The van der Waals surface area contributed by atoms with Gasteiger partial charge in [-0.05, 0) is 35.9 Å². The summed E-state index contributed by atoms with van der Waals surface area (Å²) in [6.07, 6.45) is 1.30. The molecule has 26 heavy (non-hydrogen) atoms. The third kappa shape index (κ3) is 4.54. The van der Waals surface area contributed by atoms with Gasteiger partial charge >= 0.3 is 0 Å². The first-order chi connectivity index (χ1) is 12.6. The zero-order valence-electron chi connectivity index (χ0n) is 14.1. The molecule has 1 aromatic heterocycles. The fourth-order valence-electron chi connectivity index (χ4n) is 2.28. The van der Waals surface area contributed by atoms with Crippen LogP contribution in [0.15, 0.2) is 60.9 Å². The molecule has 1 heterocycles. The zero-order chi connectivity index (χ0) is 18.4. The molecule has 0 radical (unpaired) electrons. The van der Waals surface area contributed by atoms with Gasteiger partial charge in [0.05, 0.1) is 7.11 Å². The number of carbonyl (C=O) groups is 1. The summed E-state index contributed by atoms with van der Waals surface area (Å²) < 4.78 is 18.3. The SMILES string of the molecule is COc1ccc(CNc2cc(C(=O)Nc3cccc(F)c3)ncn2)cc1. The van der Waals surface area contributed by atoms with E-state index in [0.717, 1.165) is 11.3 Å². The lowest BCUT2D eigenvalue weighted by Gasteiger charge is -2.08. The fourth-order valence-corrected chi connectivity index (χ4v) is 2.28. The van der Waals surface area contributed by atoms with Crippen molar-refractivity contribution in [3.8, 4) is 5.75 Å². The standard InChI is InChI=1S/C19H17FN4O2/c1-26-16-7-5-13(6-8-16)11-21-18-10-17(22-12-23-18)19(25)24-15-4-2-3-14(20)9-15/h2-10,12H,11H2,1H3,(H,24,25)(H,21,22,23). The van der Waals surface area contributed by atoms with Crippen LogP contribution in [0.3, 0.4) is 0 Å². The lowest BCUT2D eigenvalue weighted by atomic mass is 10.2. The van der Waals surface area contributed by atoms with Crippen molar-refractivity contribution >= 4 is 17.4 Å². The minimum absolute atomic E-state index is 0.182. The Bertz CT molecular complexity index is 900. The first-order valence-electron chi connectivity index (χ1n) is 7.90. The molecule has 0 spiro atoms. The van der Waals surface area contributed by atoms with Crippen LogP contribution in [-0.4, -0.2) is 23.0 Å². The molecule has 0 aliphatic heterocycles. The van der Waals surface area contributed by atoms with Gasteiger partial charge in [0.15, 0.2) is 0 Å². The molecule has 0 saturated carbocycles. The van der Waals surface area contributed by atoms with Gasteiger partial charge in [-0.15, -0.1) is 0 Å². The molecule has 1 amide bonds. The Morgan fingerprint density at radius 2 is 1.92 bits per heavy atom. The van der Waals surface area contributed by atoms with E-state index in [1.807, 2.05) is 24.3 Å². The average Bonchev–Trinajstić information content (AvgIpc) is 2.67. The molecule has 3 aromatic rings. The minimum atomic E-state index is -0.439. The maximum absolute atomic E-state index is 13.2. The molecular weight excluding hydrogens is 335 g/mol. The van der Waals surface area contributed by atoms with Crippen LogP contribution in [0.4, 0.5) is 15.9 Å². The average molecular weight is 352 g/mol. The lowest BCUT2D eigenvalue weighted by molar-refractivity contribution is 0.102.